The Morgan fingerprint density at radius 3 is 2.47 bits per heavy atom. The van der Waals surface area contributed by atoms with E-state index in [9.17, 15) is 4.39 Å². The predicted octanol–water partition coefficient (Wildman–Crippen LogP) is 3.56. The molecular formula is C25H35FN6. The number of hydrogen-bond acceptors (Lipinski definition) is 4. The molecule has 32 heavy (non-hydrogen) atoms. The number of nitrogens with zero attached hydrogens (tertiary/aromatic N) is 6. The van der Waals surface area contributed by atoms with E-state index in [2.05, 4.69) is 46.4 Å². The van der Waals surface area contributed by atoms with Gasteiger partial charge in [-0.1, -0.05) is 18.2 Å². The Kier molecular flexibility index (Phi) is 7.06. The lowest BCUT2D eigenvalue weighted by Crippen LogP contribution is -2.45. The second kappa shape index (κ2) is 9.96. The van der Waals surface area contributed by atoms with Crippen LogP contribution in [0.3, 0.4) is 0 Å². The summed E-state index contributed by atoms with van der Waals surface area (Å²) in [6.07, 6.45) is 9.12. The van der Waals surface area contributed by atoms with Crippen LogP contribution in [0.4, 0.5) is 4.39 Å². The molecule has 3 heterocycles. The Labute approximate surface area is 190 Å². The molecule has 0 spiro atoms. The number of likely N-dealkylation sites (tertiary alicyclic amines) is 1. The Hall–Kier alpha value is -2.51. The topological polar surface area (TPSA) is 42.1 Å². The molecule has 1 aliphatic rings. The summed E-state index contributed by atoms with van der Waals surface area (Å²) < 4.78 is 18.3. The number of hydrogen-bond donors (Lipinski definition) is 0. The first kappa shape index (κ1) is 22.7. The molecular weight excluding hydrogens is 403 g/mol. The molecule has 0 N–H and O–H groups in total. The molecule has 0 radical (unpaired) electrons. The Bertz CT molecular complexity index is 1020. The van der Waals surface area contributed by atoms with Gasteiger partial charge < -0.3 is 0 Å². The Morgan fingerprint density at radius 2 is 1.84 bits per heavy atom. The fourth-order valence-electron chi connectivity index (χ4n) is 5.07. The summed E-state index contributed by atoms with van der Waals surface area (Å²) in [5.41, 5.74) is 4.38. The highest BCUT2D eigenvalue weighted by Crippen LogP contribution is 2.29. The molecule has 1 unspecified atom stereocenters. The summed E-state index contributed by atoms with van der Waals surface area (Å²) in [6, 6.07) is 7.51. The zero-order chi connectivity index (χ0) is 22.7. The molecule has 0 aliphatic carbocycles. The third-order valence-electron chi connectivity index (χ3n) is 6.83. The van der Waals surface area contributed by atoms with Crippen LogP contribution < -0.4 is 0 Å². The van der Waals surface area contributed by atoms with Crippen molar-refractivity contribution < 1.29 is 4.39 Å². The van der Waals surface area contributed by atoms with Crippen LogP contribution in [0.2, 0.25) is 0 Å². The summed E-state index contributed by atoms with van der Waals surface area (Å²) in [5, 5.41) is 8.80. The summed E-state index contributed by atoms with van der Waals surface area (Å²) >= 11 is 0. The van der Waals surface area contributed by atoms with Crippen LogP contribution in [-0.2, 0) is 33.6 Å². The lowest BCUT2D eigenvalue weighted by atomic mass is 9.84. The SMILES string of the molecule is Cc1nn(C)cc1CN(C)C(Cc1ccccc1F)C1CCN(Cc2cnn(C)c2)CC1. The quantitative estimate of drug-likeness (QED) is 0.539. The smallest absolute Gasteiger partial charge is 0.126 e. The highest BCUT2D eigenvalue weighted by molar-refractivity contribution is 5.20. The average Bonchev–Trinajstić information content (AvgIpc) is 3.31. The van der Waals surface area contributed by atoms with Gasteiger partial charge in [-0.3, -0.25) is 19.2 Å². The highest BCUT2D eigenvalue weighted by atomic mass is 19.1. The van der Waals surface area contributed by atoms with Gasteiger partial charge in [-0.2, -0.15) is 10.2 Å². The monoisotopic (exact) mass is 438 g/mol. The van der Waals surface area contributed by atoms with Crippen LogP contribution in [0.15, 0.2) is 42.9 Å². The summed E-state index contributed by atoms with van der Waals surface area (Å²) in [5.74, 6) is 0.430. The van der Waals surface area contributed by atoms with Crippen LogP contribution in [0.1, 0.15) is 35.2 Å². The fraction of sp³-hybridized carbons (Fsp3) is 0.520. The molecule has 1 fully saturated rings. The van der Waals surface area contributed by atoms with E-state index >= 15 is 0 Å². The molecule has 3 aromatic rings. The maximum atomic E-state index is 14.5. The van der Waals surface area contributed by atoms with Gasteiger partial charge in [-0.25, -0.2) is 4.39 Å². The van der Waals surface area contributed by atoms with Crippen LogP contribution in [0.25, 0.3) is 0 Å². The maximum Gasteiger partial charge on any atom is 0.126 e. The zero-order valence-electron chi connectivity index (χ0n) is 19.7. The number of piperidine rings is 1. The van der Waals surface area contributed by atoms with E-state index in [1.807, 2.05) is 41.8 Å². The third kappa shape index (κ3) is 5.45. The number of rotatable bonds is 8. The molecule has 1 saturated heterocycles. The van der Waals surface area contributed by atoms with Crippen molar-refractivity contribution in [3.8, 4) is 0 Å². The number of aromatic nitrogens is 4. The molecule has 0 saturated carbocycles. The lowest BCUT2D eigenvalue weighted by molar-refractivity contribution is 0.0948. The van der Waals surface area contributed by atoms with Gasteiger partial charge in [0.05, 0.1) is 11.9 Å². The van der Waals surface area contributed by atoms with E-state index in [1.165, 1.54) is 11.1 Å². The van der Waals surface area contributed by atoms with Crippen molar-refractivity contribution in [1.29, 1.82) is 0 Å². The van der Waals surface area contributed by atoms with Gasteiger partial charge in [0.1, 0.15) is 5.82 Å². The molecule has 7 heteroatoms. The van der Waals surface area contributed by atoms with Gasteiger partial charge in [0.2, 0.25) is 0 Å². The van der Waals surface area contributed by atoms with Crippen molar-refractivity contribution in [2.75, 3.05) is 20.1 Å². The van der Waals surface area contributed by atoms with Gasteiger partial charge in [-0.15, -0.1) is 0 Å². The van der Waals surface area contributed by atoms with Crippen LogP contribution in [0, 0.1) is 18.7 Å². The van der Waals surface area contributed by atoms with Gasteiger partial charge in [0.25, 0.3) is 0 Å². The summed E-state index contributed by atoms with van der Waals surface area (Å²) in [4.78, 5) is 4.93. The van der Waals surface area contributed by atoms with E-state index in [-0.39, 0.29) is 11.9 Å². The molecule has 6 nitrogen and oxygen atoms in total. The van der Waals surface area contributed by atoms with Crippen LogP contribution in [0.5, 0.6) is 0 Å². The van der Waals surface area contributed by atoms with E-state index in [0.29, 0.717) is 5.92 Å². The summed E-state index contributed by atoms with van der Waals surface area (Å²) in [6.45, 7) is 5.96. The van der Waals surface area contributed by atoms with E-state index < -0.39 is 0 Å². The van der Waals surface area contributed by atoms with Crippen molar-refractivity contribution in [2.45, 2.75) is 45.3 Å². The van der Waals surface area contributed by atoms with Crippen molar-refractivity contribution in [3.63, 3.8) is 0 Å². The Morgan fingerprint density at radius 1 is 1.09 bits per heavy atom. The van der Waals surface area contributed by atoms with Gasteiger partial charge in [0, 0.05) is 56.7 Å². The number of halogens is 1. The summed E-state index contributed by atoms with van der Waals surface area (Å²) in [7, 11) is 6.11. The first-order valence-corrected chi connectivity index (χ1v) is 11.5. The zero-order valence-corrected chi connectivity index (χ0v) is 19.7. The number of aryl methyl sites for hydroxylation is 3. The molecule has 0 bridgehead atoms. The third-order valence-corrected chi connectivity index (χ3v) is 6.83. The predicted molar refractivity (Wildman–Crippen MR) is 125 cm³/mol. The second-order valence-corrected chi connectivity index (χ2v) is 9.33. The fourth-order valence-corrected chi connectivity index (χ4v) is 5.07. The van der Waals surface area contributed by atoms with Gasteiger partial charge >= 0.3 is 0 Å². The maximum absolute atomic E-state index is 14.5. The molecule has 2 aromatic heterocycles. The lowest BCUT2D eigenvalue weighted by Gasteiger charge is -2.40. The standard InChI is InChI=1S/C25H35FN6/c1-19-23(18-31(4)28-19)17-29(2)25(13-22-7-5-6-8-24(22)26)21-9-11-32(12-10-21)16-20-14-27-30(3)15-20/h5-8,14-15,18,21,25H,9-13,16-17H2,1-4H3. The molecule has 1 aliphatic heterocycles. The minimum Gasteiger partial charge on any atom is -0.299 e. The first-order chi connectivity index (χ1) is 15.4. The van der Waals surface area contributed by atoms with Crippen LogP contribution in [-0.4, -0.2) is 55.5 Å². The molecule has 4 rings (SSSR count). The van der Waals surface area contributed by atoms with E-state index in [4.69, 9.17) is 0 Å². The van der Waals surface area contributed by atoms with Gasteiger partial charge in [0.15, 0.2) is 0 Å². The van der Waals surface area contributed by atoms with Crippen LogP contribution >= 0.6 is 0 Å². The first-order valence-electron chi connectivity index (χ1n) is 11.5. The minimum absolute atomic E-state index is 0.0996. The van der Waals surface area contributed by atoms with E-state index in [0.717, 1.165) is 56.7 Å². The molecule has 0 amide bonds. The molecule has 172 valence electrons. The minimum atomic E-state index is -0.0996. The van der Waals surface area contributed by atoms with Crippen molar-refractivity contribution in [1.82, 2.24) is 29.4 Å². The number of benzene rings is 1. The Balaban J connectivity index is 1.46. The molecule has 1 aromatic carbocycles. The van der Waals surface area contributed by atoms with Crippen molar-refractivity contribution >= 4 is 0 Å². The normalized spacial score (nSPS) is 16.7. The second-order valence-electron chi connectivity index (χ2n) is 9.33. The molecule has 1 atom stereocenters. The van der Waals surface area contributed by atoms with E-state index in [1.54, 1.807) is 12.1 Å². The average molecular weight is 439 g/mol. The number of likely N-dealkylation sites (N-methyl/N-ethyl adjacent to an activating group) is 1. The van der Waals surface area contributed by atoms with Crippen molar-refractivity contribution in [3.05, 3.63) is 71.1 Å². The largest absolute Gasteiger partial charge is 0.299 e. The highest BCUT2D eigenvalue weighted by Gasteiger charge is 2.30. The van der Waals surface area contributed by atoms with Gasteiger partial charge in [-0.05, 0) is 63.9 Å². The van der Waals surface area contributed by atoms with Crippen molar-refractivity contribution in [2.24, 2.45) is 20.0 Å².